The van der Waals surface area contributed by atoms with E-state index in [-0.39, 0.29) is 11.8 Å². The molecule has 0 aliphatic carbocycles. The lowest BCUT2D eigenvalue weighted by Gasteiger charge is -2.22. The molecule has 2 bridgehead atoms. The van der Waals surface area contributed by atoms with Gasteiger partial charge in [0, 0.05) is 36.6 Å². The summed E-state index contributed by atoms with van der Waals surface area (Å²) >= 11 is 0. The molecule has 7 heteroatoms. The fourth-order valence-corrected chi connectivity index (χ4v) is 4.29. The topological polar surface area (TPSA) is 106 Å². The number of aryl methyl sites for hydroxylation is 1. The van der Waals surface area contributed by atoms with Crippen LogP contribution in [0.2, 0.25) is 0 Å². The maximum absolute atomic E-state index is 13.0. The van der Waals surface area contributed by atoms with Crippen molar-refractivity contribution in [3.63, 3.8) is 0 Å². The Hall–Kier alpha value is -2.83. The predicted molar refractivity (Wildman–Crippen MR) is 121 cm³/mol. The number of para-hydroxylation sites is 1. The van der Waals surface area contributed by atoms with Crippen molar-refractivity contribution in [2.24, 2.45) is 17.6 Å². The molecule has 1 aromatic heterocycles. The molecule has 1 aliphatic heterocycles. The van der Waals surface area contributed by atoms with Gasteiger partial charge in [0.2, 0.25) is 17.7 Å². The highest BCUT2D eigenvalue weighted by atomic mass is 16.2. The van der Waals surface area contributed by atoms with Gasteiger partial charge in [0.1, 0.15) is 12.0 Å². The first-order chi connectivity index (χ1) is 14.9. The van der Waals surface area contributed by atoms with E-state index in [2.05, 4.69) is 33.5 Å². The van der Waals surface area contributed by atoms with E-state index < -0.39 is 23.8 Å². The molecule has 2 heterocycles. The van der Waals surface area contributed by atoms with Gasteiger partial charge in [-0.05, 0) is 36.8 Å². The molecular formula is C24H34N4O3. The molecule has 0 fully saturated rings. The summed E-state index contributed by atoms with van der Waals surface area (Å²) < 4.78 is 2.24. The number of carbonyl (C=O) groups excluding carboxylic acids is 3. The molecule has 3 rings (SSSR count). The van der Waals surface area contributed by atoms with E-state index in [4.69, 9.17) is 5.73 Å². The van der Waals surface area contributed by atoms with Crippen LogP contribution in [0.25, 0.3) is 10.9 Å². The van der Waals surface area contributed by atoms with Gasteiger partial charge >= 0.3 is 0 Å². The summed E-state index contributed by atoms with van der Waals surface area (Å²) in [5.41, 5.74) is 7.63. The standard InChI is InChI=1S/C24H34N4O3/c1-16(2)13-19(22(25)29)23(30)27-20-14-17-15-28(21-10-6-5-9-18(17)21)12-8-4-3-7-11-26-24(20)31/h5-6,9-10,15-16,19-20H,3-4,7-8,11-14H2,1-2H3,(H2,25,29)(H,26,31)(H,27,30)/t19?,20-/m0/s1. The van der Waals surface area contributed by atoms with Gasteiger partial charge in [-0.1, -0.05) is 44.9 Å². The number of amides is 3. The summed E-state index contributed by atoms with van der Waals surface area (Å²) in [7, 11) is 0. The van der Waals surface area contributed by atoms with E-state index in [1.165, 1.54) is 0 Å². The van der Waals surface area contributed by atoms with Crippen molar-refractivity contribution < 1.29 is 14.4 Å². The molecule has 168 valence electrons. The summed E-state index contributed by atoms with van der Waals surface area (Å²) in [5, 5.41) is 6.87. The van der Waals surface area contributed by atoms with Crippen molar-refractivity contribution in [3.8, 4) is 0 Å². The minimum absolute atomic E-state index is 0.134. The number of primary amides is 1. The first-order valence-electron chi connectivity index (χ1n) is 11.3. The van der Waals surface area contributed by atoms with Crippen LogP contribution in [0.15, 0.2) is 30.5 Å². The van der Waals surface area contributed by atoms with Crippen LogP contribution in [0.3, 0.4) is 0 Å². The van der Waals surface area contributed by atoms with Crippen molar-refractivity contribution in [1.29, 1.82) is 0 Å². The van der Waals surface area contributed by atoms with Crippen molar-refractivity contribution >= 4 is 28.6 Å². The number of nitrogens with two attached hydrogens (primary N) is 1. The molecule has 1 unspecified atom stereocenters. The number of nitrogens with one attached hydrogen (secondary N) is 2. The molecule has 0 spiro atoms. The Labute approximate surface area is 183 Å². The maximum atomic E-state index is 13.0. The Bertz CT molecular complexity index is 934. The number of fused-ring (bicyclic) bond motifs is 5. The number of hydrogen-bond donors (Lipinski definition) is 3. The lowest BCUT2D eigenvalue weighted by Crippen LogP contribution is -2.51. The third kappa shape index (κ3) is 5.87. The molecule has 7 nitrogen and oxygen atoms in total. The summed E-state index contributed by atoms with van der Waals surface area (Å²) in [5.74, 6) is -2.17. The quantitative estimate of drug-likeness (QED) is 0.640. The van der Waals surface area contributed by atoms with E-state index in [0.29, 0.717) is 19.4 Å². The van der Waals surface area contributed by atoms with E-state index in [0.717, 1.165) is 48.7 Å². The summed E-state index contributed by atoms with van der Waals surface area (Å²) in [6, 6.07) is 7.38. The van der Waals surface area contributed by atoms with Crippen LogP contribution < -0.4 is 16.4 Å². The monoisotopic (exact) mass is 426 g/mol. The molecule has 3 amide bonds. The van der Waals surface area contributed by atoms with E-state index in [1.807, 2.05) is 26.0 Å². The summed E-state index contributed by atoms with van der Waals surface area (Å²) in [4.78, 5) is 37.7. The lowest BCUT2D eigenvalue weighted by atomic mass is 9.95. The fourth-order valence-electron chi connectivity index (χ4n) is 4.29. The predicted octanol–water partition coefficient (Wildman–Crippen LogP) is 2.51. The normalized spacial score (nSPS) is 19.1. The lowest BCUT2D eigenvalue weighted by molar-refractivity contribution is -0.137. The van der Waals surface area contributed by atoms with Crippen LogP contribution in [-0.2, 0) is 27.3 Å². The van der Waals surface area contributed by atoms with Gasteiger partial charge in [-0.15, -0.1) is 0 Å². The summed E-state index contributed by atoms with van der Waals surface area (Å²) in [6.07, 6.45) is 6.94. The Morgan fingerprint density at radius 2 is 1.94 bits per heavy atom. The van der Waals surface area contributed by atoms with Gasteiger partial charge in [-0.3, -0.25) is 14.4 Å². The van der Waals surface area contributed by atoms with Crippen LogP contribution in [0, 0.1) is 11.8 Å². The first-order valence-corrected chi connectivity index (χ1v) is 11.3. The van der Waals surface area contributed by atoms with E-state index >= 15 is 0 Å². The molecule has 2 aromatic rings. The zero-order valence-electron chi connectivity index (χ0n) is 18.5. The van der Waals surface area contributed by atoms with Crippen LogP contribution >= 0.6 is 0 Å². The van der Waals surface area contributed by atoms with Crippen LogP contribution in [0.4, 0.5) is 0 Å². The summed E-state index contributed by atoms with van der Waals surface area (Å²) in [6.45, 7) is 5.38. The molecule has 0 saturated carbocycles. The van der Waals surface area contributed by atoms with Crippen molar-refractivity contribution in [3.05, 3.63) is 36.0 Å². The van der Waals surface area contributed by atoms with Gasteiger partial charge in [-0.25, -0.2) is 0 Å². The molecule has 4 N–H and O–H groups in total. The number of benzene rings is 1. The van der Waals surface area contributed by atoms with Gasteiger partial charge in [0.05, 0.1) is 0 Å². The fraction of sp³-hybridized carbons (Fsp3) is 0.542. The van der Waals surface area contributed by atoms with Crippen LogP contribution in [-0.4, -0.2) is 34.9 Å². The molecule has 1 aromatic carbocycles. The highest BCUT2D eigenvalue weighted by molar-refractivity contribution is 6.01. The third-order valence-corrected chi connectivity index (χ3v) is 5.92. The van der Waals surface area contributed by atoms with Gasteiger partial charge in [-0.2, -0.15) is 0 Å². The van der Waals surface area contributed by atoms with Crippen molar-refractivity contribution in [2.45, 2.75) is 65.0 Å². The second kappa shape index (κ2) is 10.5. The number of rotatable bonds is 5. The Morgan fingerprint density at radius 1 is 1.19 bits per heavy atom. The average Bonchev–Trinajstić information content (AvgIpc) is 3.07. The highest BCUT2D eigenvalue weighted by Gasteiger charge is 2.30. The van der Waals surface area contributed by atoms with Gasteiger partial charge in [0.25, 0.3) is 0 Å². The average molecular weight is 427 g/mol. The molecule has 1 aliphatic rings. The maximum Gasteiger partial charge on any atom is 0.242 e. The Kier molecular flexibility index (Phi) is 7.71. The van der Waals surface area contributed by atoms with Crippen LogP contribution in [0.1, 0.15) is 51.5 Å². The Balaban J connectivity index is 1.90. The highest BCUT2D eigenvalue weighted by Crippen LogP contribution is 2.24. The Morgan fingerprint density at radius 3 is 2.68 bits per heavy atom. The largest absolute Gasteiger partial charge is 0.369 e. The number of hydrogen-bond acceptors (Lipinski definition) is 3. The van der Waals surface area contributed by atoms with Gasteiger partial charge in [0.15, 0.2) is 0 Å². The third-order valence-electron chi connectivity index (χ3n) is 5.92. The second-order valence-electron chi connectivity index (χ2n) is 8.92. The molecule has 0 radical (unpaired) electrons. The minimum atomic E-state index is -0.946. The minimum Gasteiger partial charge on any atom is -0.369 e. The first kappa shape index (κ1) is 22.8. The van der Waals surface area contributed by atoms with E-state index in [9.17, 15) is 14.4 Å². The SMILES string of the molecule is CC(C)CC(C(N)=O)C(=O)N[C@H]1Cc2cn(c3ccccc23)CCCCCCNC1=O. The zero-order valence-corrected chi connectivity index (χ0v) is 18.5. The molecular weight excluding hydrogens is 392 g/mol. The van der Waals surface area contributed by atoms with Gasteiger partial charge < -0.3 is 20.9 Å². The molecule has 2 atom stereocenters. The number of nitrogens with zero attached hydrogens (tertiary/aromatic N) is 1. The van der Waals surface area contributed by atoms with Crippen molar-refractivity contribution in [2.75, 3.05) is 6.54 Å². The van der Waals surface area contributed by atoms with E-state index in [1.54, 1.807) is 0 Å². The number of aromatic nitrogens is 1. The smallest absolute Gasteiger partial charge is 0.242 e. The zero-order chi connectivity index (χ0) is 22.4. The molecule has 31 heavy (non-hydrogen) atoms. The van der Waals surface area contributed by atoms with Crippen molar-refractivity contribution in [1.82, 2.24) is 15.2 Å². The number of carbonyl (C=O) groups is 3. The van der Waals surface area contributed by atoms with Crippen LogP contribution in [0.5, 0.6) is 0 Å². The molecule has 0 saturated heterocycles. The second-order valence-corrected chi connectivity index (χ2v) is 8.92.